The maximum Gasteiger partial charge on any atom is 0.140 e. The molecule has 0 bridgehead atoms. The van der Waals surface area contributed by atoms with Crippen LogP contribution < -0.4 is 21.7 Å². The number of fused-ring (bicyclic) bond motifs is 1. The molecule has 3 unspecified atom stereocenters. The Morgan fingerprint density at radius 1 is 1.19 bits per heavy atom. The van der Waals surface area contributed by atoms with Crippen LogP contribution in [0.15, 0.2) is 24.3 Å². The Bertz CT molecular complexity index is 838. The molecule has 0 spiro atoms. The summed E-state index contributed by atoms with van der Waals surface area (Å²) < 4.78 is 0. The summed E-state index contributed by atoms with van der Waals surface area (Å²) in [6, 6.07) is 8.57. The fraction of sp³-hybridized carbons (Fsp3) is 0.476. The predicted octanol–water partition coefficient (Wildman–Crippen LogP) is 3.22. The molecule has 27 heavy (non-hydrogen) atoms. The van der Waals surface area contributed by atoms with Crippen molar-refractivity contribution >= 4 is 17.3 Å². The van der Waals surface area contributed by atoms with Gasteiger partial charge in [0.05, 0.1) is 0 Å². The Labute approximate surface area is 160 Å². The number of rotatable bonds is 4. The SMILES string of the molecule is Cc1cccc(Nc2nc(NC3CCCCC3N)c(C)c3c2C(O)NC3)c1. The Hall–Kier alpha value is -2.15. The summed E-state index contributed by atoms with van der Waals surface area (Å²) in [7, 11) is 0. The Kier molecular flexibility index (Phi) is 5.04. The van der Waals surface area contributed by atoms with Crippen LogP contribution >= 0.6 is 0 Å². The van der Waals surface area contributed by atoms with E-state index in [0.717, 1.165) is 41.0 Å². The average molecular weight is 367 g/mol. The molecule has 1 aliphatic heterocycles. The molecular weight excluding hydrogens is 338 g/mol. The van der Waals surface area contributed by atoms with Gasteiger partial charge in [-0.3, -0.25) is 5.32 Å². The fourth-order valence-corrected chi connectivity index (χ4v) is 4.18. The molecule has 0 radical (unpaired) electrons. The molecule has 2 aromatic rings. The molecule has 1 aromatic carbocycles. The van der Waals surface area contributed by atoms with Gasteiger partial charge >= 0.3 is 0 Å². The third kappa shape index (κ3) is 3.65. The van der Waals surface area contributed by atoms with Crippen LogP contribution in [0.3, 0.4) is 0 Å². The summed E-state index contributed by atoms with van der Waals surface area (Å²) in [5, 5.41) is 20.6. The quantitative estimate of drug-likeness (QED) is 0.570. The van der Waals surface area contributed by atoms with E-state index in [-0.39, 0.29) is 12.1 Å². The molecule has 3 atom stereocenters. The van der Waals surface area contributed by atoms with Gasteiger partial charge in [-0.25, -0.2) is 4.98 Å². The van der Waals surface area contributed by atoms with Gasteiger partial charge in [0.25, 0.3) is 0 Å². The molecule has 2 heterocycles. The van der Waals surface area contributed by atoms with E-state index in [0.29, 0.717) is 12.4 Å². The molecular formula is C21H29N5O. The highest BCUT2D eigenvalue weighted by Crippen LogP contribution is 2.37. The molecule has 6 heteroatoms. The van der Waals surface area contributed by atoms with Gasteiger partial charge in [0.15, 0.2) is 0 Å². The van der Waals surface area contributed by atoms with E-state index < -0.39 is 6.23 Å². The predicted molar refractivity (Wildman–Crippen MR) is 109 cm³/mol. The molecule has 1 aliphatic carbocycles. The first-order valence-electron chi connectivity index (χ1n) is 9.83. The maximum absolute atomic E-state index is 10.4. The number of aryl methyl sites for hydroxylation is 1. The molecule has 144 valence electrons. The molecule has 1 fully saturated rings. The van der Waals surface area contributed by atoms with Gasteiger partial charge in [-0.2, -0.15) is 0 Å². The minimum absolute atomic E-state index is 0.158. The fourth-order valence-electron chi connectivity index (χ4n) is 4.18. The van der Waals surface area contributed by atoms with E-state index >= 15 is 0 Å². The van der Waals surface area contributed by atoms with Crippen LogP contribution in [0.4, 0.5) is 17.3 Å². The second kappa shape index (κ2) is 7.46. The van der Waals surface area contributed by atoms with Gasteiger partial charge in [-0.1, -0.05) is 25.0 Å². The summed E-state index contributed by atoms with van der Waals surface area (Å²) >= 11 is 0. The van der Waals surface area contributed by atoms with Crippen molar-refractivity contribution in [1.29, 1.82) is 0 Å². The van der Waals surface area contributed by atoms with E-state index in [1.165, 1.54) is 18.4 Å². The first-order chi connectivity index (χ1) is 13.0. The van der Waals surface area contributed by atoms with Gasteiger partial charge in [-0.05, 0) is 55.5 Å². The second-order valence-electron chi connectivity index (χ2n) is 7.80. The highest BCUT2D eigenvalue weighted by Gasteiger charge is 2.29. The van der Waals surface area contributed by atoms with Crippen molar-refractivity contribution in [3.8, 4) is 0 Å². The van der Waals surface area contributed by atoms with Gasteiger partial charge in [0.1, 0.15) is 17.9 Å². The Balaban J connectivity index is 1.70. The van der Waals surface area contributed by atoms with Crippen molar-refractivity contribution in [2.24, 2.45) is 5.73 Å². The maximum atomic E-state index is 10.4. The van der Waals surface area contributed by atoms with Crippen LogP contribution in [0.5, 0.6) is 0 Å². The zero-order valence-electron chi connectivity index (χ0n) is 16.0. The van der Waals surface area contributed by atoms with Crippen LogP contribution in [0.25, 0.3) is 0 Å². The van der Waals surface area contributed by atoms with Crippen molar-refractivity contribution < 1.29 is 5.11 Å². The molecule has 4 rings (SSSR count). The van der Waals surface area contributed by atoms with Crippen LogP contribution in [0.2, 0.25) is 0 Å². The van der Waals surface area contributed by atoms with Crippen molar-refractivity contribution in [3.05, 3.63) is 46.5 Å². The lowest BCUT2D eigenvalue weighted by molar-refractivity contribution is 0.152. The van der Waals surface area contributed by atoms with Gasteiger partial charge in [-0.15, -0.1) is 0 Å². The summed E-state index contributed by atoms with van der Waals surface area (Å²) in [5.74, 6) is 1.56. The smallest absolute Gasteiger partial charge is 0.140 e. The number of benzene rings is 1. The van der Waals surface area contributed by atoms with Crippen molar-refractivity contribution in [1.82, 2.24) is 10.3 Å². The van der Waals surface area contributed by atoms with Crippen molar-refractivity contribution in [2.75, 3.05) is 10.6 Å². The molecule has 1 aromatic heterocycles. The number of nitrogens with zero attached hydrogens (tertiary/aromatic N) is 1. The summed E-state index contributed by atoms with van der Waals surface area (Å²) in [6.07, 6.45) is 3.82. The highest BCUT2D eigenvalue weighted by molar-refractivity contribution is 5.68. The van der Waals surface area contributed by atoms with Gasteiger partial charge in [0.2, 0.25) is 0 Å². The molecule has 6 nitrogen and oxygen atoms in total. The minimum Gasteiger partial charge on any atom is -0.374 e. The zero-order chi connectivity index (χ0) is 19.0. The van der Waals surface area contributed by atoms with Crippen molar-refractivity contribution in [2.45, 2.75) is 64.4 Å². The van der Waals surface area contributed by atoms with Gasteiger partial charge in [0, 0.05) is 29.9 Å². The summed E-state index contributed by atoms with van der Waals surface area (Å²) in [5.41, 5.74) is 11.5. The number of aromatic nitrogens is 1. The van der Waals surface area contributed by atoms with E-state index in [4.69, 9.17) is 10.7 Å². The number of anilines is 3. The standard InChI is InChI=1S/C21H29N5O/c1-12-6-5-7-14(10-12)24-20-18-15(11-23-21(18)27)13(2)19(26-20)25-17-9-4-3-8-16(17)22/h5-7,10,16-17,21,23,27H,3-4,8-9,11,22H2,1-2H3,(H2,24,25,26). The Morgan fingerprint density at radius 2 is 2.00 bits per heavy atom. The van der Waals surface area contributed by atoms with E-state index in [1.54, 1.807) is 0 Å². The monoisotopic (exact) mass is 367 g/mol. The van der Waals surface area contributed by atoms with Crippen LogP contribution in [0, 0.1) is 13.8 Å². The normalized spacial score (nSPS) is 24.5. The highest BCUT2D eigenvalue weighted by atomic mass is 16.3. The first-order valence-corrected chi connectivity index (χ1v) is 9.83. The summed E-state index contributed by atoms with van der Waals surface area (Å²) in [6.45, 7) is 4.77. The topological polar surface area (TPSA) is 95.2 Å². The van der Waals surface area contributed by atoms with Crippen molar-refractivity contribution in [3.63, 3.8) is 0 Å². The molecule has 1 saturated carbocycles. The average Bonchev–Trinajstić information content (AvgIpc) is 3.03. The van der Waals surface area contributed by atoms with E-state index in [9.17, 15) is 5.11 Å². The van der Waals surface area contributed by atoms with Crippen LogP contribution in [-0.2, 0) is 6.54 Å². The largest absolute Gasteiger partial charge is 0.374 e. The number of aliphatic hydroxyl groups is 1. The van der Waals surface area contributed by atoms with Crippen LogP contribution in [-0.4, -0.2) is 22.2 Å². The lowest BCUT2D eigenvalue weighted by atomic mass is 9.91. The van der Waals surface area contributed by atoms with E-state index in [1.807, 2.05) is 12.1 Å². The second-order valence-corrected chi connectivity index (χ2v) is 7.80. The minimum atomic E-state index is -0.704. The number of nitrogens with two attached hydrogens (primary N) is 1. The van der Waals surface area contributed by atoms with Gasteiger partial charge < -0.3 is 21.5 Å². The zero-order valence-corrected chi connectivity index (χ0v) is 16.0. The number of aliphatic hydroxyl groups excluding tert-OH is 1. The van der Waals surface area contributed by atoms with E-state index in [2.05, 4.69) is 41.9 Å². The first kappa shape index (κ1) is 18.2. The number of hydrogen-bond acceptors (Lipinski definition) is 6. The number of pyridine rings is 1. The third-order valence-corrected chi connectivity index (χ3v) is 5.78. The number of nitrogens with one attached hydrogen (secondary N) is 3. The summed E-state index contributed by atoms with van der Waals surface area (Å²) in [4.78, 5) is 4.87. The van der Waals surface area contributed by atoms with Crippen LogP contribution in [0.1, 0.15) is 54.2 Å². The lowest BCUT2D eigenvalue weighted by Gasteiger charge is -2.31. The number of hydrogen-bond donors (Lipinski definition) is 5. The lowest BCUT2D eigenvalue weighted by Crippen LogP contribution is -2.43. The third-order valence-electron chi connectivity index (χ3n) is 5.78. The Morgan fingerprint density at radius 3 is 2.78 bits per heavy atom. The molecule has 6 N–H and O–H groups in total. The molecule has 0 saturated heterocycles. The molecule has 0 amide bonds. The molecule has 2 aliphatic rings.